The molecule has 0 spiro atoms. The molecular weight excluding hydrogens is 297 g/mol. The van der Waals surface area contributed by atoms with E-state index in [0.29, 0.717) is 12.2 Å². The lowest BCUT2D eigenvalue weighted by Gasteiger charge is -2.08. The predicted octanol–water partition coefficient (Wildman–Crippen LogP) is 0.848. The van der Waals surface area contributed by atoms with Gasteiger partial charge in [-0.05, 0) is 30.7 Å². The molecule has 0 aromatic heterocycles. The van der Waals surface area contributed by atoms with E-state index in [1.165, 1.54) is 24.3 Å². The number of hydrogen-bond acceptors (Lipinski definition) is 5. The zero-order chi connectivity index (χ0) is 14.5. The Morgan fingerprint density at radius 3 is 2.26 bits per heavy atom. The minimum Gasteiger partial charge on any atom is -0.404 e. The summed E-state index contributed by atoms with van der Waals surface area (Å²) in [6.45, 7) is 0.332. The number of hydrogen-bond donors (Lipinski definition) is 4. The first kappa shape index (κ1) is 15.9. The van der Waals surface area contributed by atoms with Gasteiger partial charge in [0.2, 0.25) is 0 Å². The van der Waals surface area contributed by atoms with Crippen LogP contribution >= 0.6 is 7.82 Å². The molecule has 0 bridgehead atoms. The summed E-state index contributed by atoms with van der Waals surface area (Å²) >= 11 is 0. The molecule has 8 nitrogen and oxygen atoms in total. The molecular formula is C9H14NO7PS. The van der Waals surface area contributed by atoms with Gasteiger partial charge in [0.1, 0.15) is 5.75 Å². The van der Waals surface area contributed by atoms with Crippen LogP contribution in [0.25, 0.3) is 0 Å². The highest BCUT2D eigenvalue weighted by Crippen LogP contribution is 2.37. The summed E-state index contributed by atoms with van der Waals surface area (Å²) in [5.41, 5.74) is 0.633. The highest BCUT2D eigenvalue weighted by Gasteiger charge is 2.15. The third-order valence-electron chi connectivity index (χ3n) is 1.99. The number of nitrogens with one attached hydrogen (secondary N) is 1. The van der Waals surface area contributed by atoms with Crippen LogP contribution in [-0.4, -0.2) is 35.1 Å². The van der Waals surface area contributed by atoms with Crippen LogP contribution in [0.3, 0.4) is 0 Å². The molecule has 0 heterocycles. The van der Waals surface area contributed by atoms with Gasteiger partial charge in [0.05, 0.1) is 5.75 Å². The van der Waals surface area contributed by atoms with Crippen LogP contribution in [0.4, 0.5) is 5.69 Å². The second-order valence-corrected chi connectivity index (χ2v) is 6.41. The molecule has 0 radical (unpaired) electrons. The highest BCUT2D eigenvalue weighted by atomic mass is 32.2. The summed E-state index contributed by atoms with van der Waals surface area (Å²) in [6, 6.07) is 5.78. The number of anilines is 1. The van der Waals surface area contributed by atoms with Crippen LogP contribution in [0.2, 0.25) is 0 Å². The largest absolute Gasteiger partial charge is 0.524 e. The lowest BCUT2D eigenvalue weighted by molar-refractivity contribution is 0.283. The average molecular weight is 311 g/mol. The Kier molecular flexibility index (Phi) is 5.33. The van der Waals surface area contributed by atoms with Crippen molar-refractivity contribution in [3.05, 3.63) is 24.3 Å². The molecule has 0 unspecified atom stereocenters. The van der Waals surface area contributed by atoms with Gasteiger partial charge >= 0.3 is 7.82 Å². The molecule has 1 aromatic rings. The molecule has 108 valence electrons. The van der Waals surface area contributed by atoms with Crippen molar-refractivity contribution in [2.45, 2.75) is 6.42 Å². The smallest absolute Gasteiger partial charge is 0.404 e. The molecule has 1 rings (SSSR count). The van der Waals surface area contributed by atoms with Gasteiger partial charge in [-0.1, -0.05) is 0 Å². The van der Waals surface area contributed by atoms with Gasteiger partial charge in [-0.2, -0.15) is 8.42 Å². The average Bonchev–Trinajstić information content (AvgIpc) is 2.23. The Morgan fingerprint density at radius 2 is 1.79 bits per heavy atom. The second-order valence-electron chi connectivity index (χ2n) is 3.67. The van der Waals surface area contributed by atoms with Gasteiger partial charge in [0, 0.05) is 12.2 Å². The molecule has 0 saturated carbocycles. The lowest BCUT2D eigenvalue weighted by Crippen LogP contribution is -2.10. The molecule has 0 atom stereocenters. The molecule has 4 N–H and O–H groups in total. The minimum absolute atomic E-state index is 0.0248. The molecule has 0 amide bonds. The van der Waals surface area contributed by atoms with E-state index in [4.69, 9.17) is 14.3 Å². The maximum atomic E-state index is 10.6. The van der Waals surface area contributed by atoms with E-state index in [0.717, 1.165) is 0 Å². The summed E-state index contributed by atoms with van der Waals surface area (Å²) < 4.78 is 44.3. The Morgan fingerprint density at radius 1 is 1.21 bits per heavy atom. The quantitative estimate of drug-likeness (QED) is 0.331. The van der Waals surface area contributed by atoms with Crippen LogP contribution in [0, 0.1) is 0 Å². The first-order chi connectivity index (χ1) is 8.66. The SMILES string of the molecule is O=P(O)(O)Oc1ccc(NCCCS(=O)(=O)O)cc1. The van der Waals surface area contributed by atoms with Crippen LogP contribution in [0.15, 0.2) is 24.3 Å². The first-order valence-corrected chi connectivity index (χ1v) is 8.34. The molecule has 0 saturated heterocycles. The minimum atomic E-state index is -4.56. The Balaban J connectivity index is 2.43. The Hall–Kier alpha value is -1.12. The Bertz CT molecular complexity index is 550. The third-order valence-corrected chi connectivity index (χ3v) is 3.24. The standard InChI is InChI=1S/C9H14NO7PS/c11-18(12,13)17-9-4-2-8(3-5-9)10-6-1-7-19(14,15)16/h2-5,10H,1,6-7H2,(H2,11,12,13)(H,14,15,16). The summed E-state index contributed by atoms with van der Waals surface area (Å²) in [5.74, 6) is -0.309. The molecule has 0 aliphatic heterocycles. The van der Waals surface area contributed by atoms with Crippen LogP contribution < -0.4 is 9.84 Å². The number of benzene rings is 1. The topological polar surface area (TPSA) is 133 Å². The molecule has 10 heteroatoms. The highest BCUT2D eigenvalue weighted by molar-refractivity contribution is 7.85. The number of phosphoric acid groups is 1. The monoisotopic (exact) mass is 311 g/mol. The van der Waals surface area contributed by atoms with Gasteiger partial charge in [0.25, 0.3) is 10.1 Å². The fraction of sp³-hybridized carbons (Fsp3) is 0.333. The van der Waals surface area contributed by atoms with E-state index in [9.17, 15) is 13.0 Å². The van der Waals surface area contributed by atoms with Crippen molar-refractivity contribution in [3.63, 3.8) is 0 Å². The third kappa shape index (κ3) is 7.81. The van der Waals surface area contributed by atoms with E-state index < -0.39 is 17.9 Å². The molecule has 1 aromatic carbocycles. The predicted molar refractivity (Wildman–Crippen MR) is 68.6 cm³/mol. The van der Waals surface area contributed by atoms with Crippen molar-refractivity contribution < 1.29 is 31.8 Å². The number of phosphoric ester groups is 1. The van der Waals surface area contributed by atoms with Crippen LogP contribution in [0.5, 0.6) is 5.75 Å². The van der Waals surface area contributed by atoms with Crippen molar-refractivity contribution >= 4 is 23.6 Å². The maximum absolute atomic E-state index is 10.6. The van der Waals surface area contributed by atoms with Gasteiger partial charge in [-0.15, -0.1) is 0 Å². The molecule has 19 heavy (non-hydrogen) atoms. The van der Waals surface area contributed by atoms with Gasteiger partial charge in [0.15, 0.2) is 0 Å². The van der Waals surface area contributed by atoms with Crippen LogP contribution in [-0.2, 0) is 14.7 Å². The molecule has 0 aliphatic rings. The van der Waals surface area contributed by atoms with Crippen molar-refractivity contribution in [3.8, 4) is 5.75 Å². The van der Waals surface area contributed by atoms with E-state index in [-0.39, 0.29) is 17.9 Å². The van der Waals surface area contributed by atoms with Crippen molar-refractivity contribution in [2.75, 3.05) is 17.6 Å². The van der Waals surface area contributed by atoms with Crippen molar-refractivity contribution in [2.24, 2.45) is 0 Å². The molecule has 0 fully saturated rings. The fourth-order valence-electron chi connectivity index (χ4n) is 1.26. The summed E-state index contributed by atoms with van der Waals surface area (Å²) in [5, 5.41) is 2.88. The maximum Gasteiger partial charge on any atom is 0.524 e. The van der Waals surface area contributed by atoms with E-state index in [2.05, 4.69) is 9.84 Å². The van der Waals surface area contributed by atoms with E-state index >= 15 is 0 Å². The first-order valence-electron chi connectivity index (χ1n) is 5.20. The zero-order valence-corrected chi connectivity index (χ0v) is 11.5. The van der Waals surface area contributed by atoms with Gasteiger partial charge < -0.3 is 9.84 Å². The van der Waals surface area contributed by atoms with Crippen molar-refractivity contribution in [1.29, 1.82) is 0 Å². The van der Waals surface area contributed by atoms with Gasteiger partial charge in [-0.25, -0.2) is 4.57 Å². The fourth-order valence-corrected chi connectivity index (χ4v) is 2.16. The lowest BCUT2D eigenvalue weighted by atomic mass is 10.3. The summed E-state index contributed by atoms with van der Waals surface area (Å²) in [7, 11) is -8.51. The normalized spacial score (nSPS) is 12.2. The summed E-state index contributed by atoms with van der Waals surface area (Å²) in [4.78, 5) is 17.2. The van der Waals surface area contributed by atoms with E-state index in [1.54, 1.807) is 0 Å². The zero-order valence-electron chi connectivity index (χ0n) is 9.76. The number of rotatable bonds is 7. The summed E-state index contributed by atoms with van der Waals surface area (Å²) in [6.07, 6.45) is 0.236. The second kappa shape index (κ2) is 6.36. The van der Waals surface area contributed by atoms with Gasteiger partial charge in [-0.3, -0.25) is 14.3 Å². The molecule has 0 aliphatic carbocycles. The Labute approximate surface area is 110 Å². The van der Waals surface area contributed by atoms with Crippen molar-refractivity contribution in [1.82, 2.24) is 0 Å². The van der Waals surface area contributed by atoms with Crippen LogP contribution in [0.1, 0.15) is 6.42 Å². The van der Waals surface area contributed by atoms with E-state index in [1.807, 2.05) is 0 Å².